The molecule has 0 aromatic carbocycles. The lowest BCUT2D eigenvalue weighted by molar-refractivity contribution is 0.0341. The molecule has 2 atom stereocenters. The number of aromatic nitrogens is 1. The van der Waals surface area contributed by atoms with Gasteiger partial charge in [-0.3, -0.25) is 0 Å². The highest BCUT2D eigenvalue weighted by Gasteiger charge is 2.25. The van der Waals surface area contributed by atoms with Gasteiger partial charge in [0.25, 0.3) is 0 Å². The van der Waals surface area contributed by atoms with Crippen molar-refractivity contribution >= 4 is 11.5 Å². The summed E-state index contributed by atoms with van der Waals surface area (Å²) in [4.78, 5) is 6.41. The molecule has 2 heterocycles. The zero-order valence-electron chi connectivity index (χ0n) is 10.1. The first-order valence-electron chi connectivity index (χ1n) is 5.65. The molecule has 17 heavy (non-hydrogen) atoms. The number of nitrogen functional groups attached to an aromatic ring is 1. The number of pyridine rings is 1. The lowest BCUT2D eigenvalue weighted by Gasteiger charge is -2.38. The maximum Gasteiger partial charge on any atom is 0.152 e. The summed E-state index contributed by atoms with van der Waals surface area (Å²) in [6, 6.07) is 3.94. The van der Waals surface area contributed by atoms with E-state index in [1.54, 1.807) is 12.3 Å². The Morgan fingerprint density at radius 1 is 1.59 bits per heavy atom. The molecule has 0 bridgehead atoms. The fraction of sp³-hybridized carbons (Fsp3) is 0.500. The number of nitriles is 1. The predicted molar refractivity (Wildman–Crippen MR) is 65.6 cm³/mol. The van der Waals surface area contributed by atoms with Crippen LogP contribution < -0.4 is 10.6 Å². The number of rotatable bonds is 1. The van der Waals surface area contributed by atoms with E-state index >= 15 is 0 Å². The van der Waals surface area contributed by atoms with Gasteiger partial charge in [-0.2, -0.15) is 5.26 Å². The summed E-state index contributed by atoms with van der Waals surface area (Å²) in [6.07, 6.45) is 1.72. The third-order valence-corrected chi connectivity index (χ3v) is 2.90. The molecule has 1 aromatic heterocycles. The number of ether oxygens (including phenoxy) is 1. The summed E-state index contributed by atoms with van der Waals surface area (Å²) in [5.74, 6) is 0.742. The molecule has 0 amide bonds. The molecule has 1 aromatic rings. The Labute approximate surface area is 101 Å². The van der Waals surface area contributed by atoms with Crippen molar-refractivity contribution in [2.75, 3.05) is 23.8 Å². The molecule has 1 saturated heterocycles. The number of nitrogens with zero attached hydrogens (tertiary/aromatic N) is 3. The summed E-state index contributed by atoms with van der Waals surface area (Å²) < 4.78 is 5.56. The second kappa shape index (κ2) is 4.60. The molecule has 1 aliphatic rings. The predicted octanol–water partition coefficient (Wildman–Crippen LogP) is 1.15. The van der Waals surface area contributed by atoms with Gasteiger partial charge in [-0.25, -0.2) is 4.98 Å². The second-order valence-electron chi connectivity index (χ2n) is 4.39. The topological polar surface area (TPSA) is 75.2 Å². The van der Waals surface area contributed by atoms with Gasteiger partial charge in [0.05, 0.1) is 30.0 Å². The second-order valence-corrected chi connectivity index (χ2v) is 4.39. The van der Waals surface area contributed by atoms with E-state index in [2.05, 4.69) is 16.8 Å². The van der Waals surface area contributed by atoms with Gasteiger partial charge in [0.2, 0.25) is 0 Å². The Kier molecular flexibility index (Phi) is 3.16. The quantitative estimate of drug-likeness (QED) is 0.786. The van der Waals surface area contributed by atoms with Gasteiger partial charge < -0.3 is 15.4 Å². The Morgan fingerprint density at radius 2 is 2.35 bits per heavy atom. The van der Waals surface area contributed by atoms with Crippen molar-refractivity contribution in [1.29, 1.82) is 5.26 Å². The van der Waals surface area contributed by atoms with Gasteiger partial charge in [0.15, 0.2) is 5.82 Å². The molecular formula is C12H16N4O. The van der Waals surface area contributed by atoms with Crippen LogP contribution in [-0.2, 0) is 4.74 Å². The minimum absolute atomic E-state index is 0.169. The number of morpholine rings is 1. The van der Waals surface area contributed by atoms with E-state index in [-0.39, 0.29) is 12.1 Å². The normalized spacial score (nSPS) is 24.4. The van der Waals surface area contributed by atoms with Crippen LogP contribution in [0.1, 0.15) is 19.4 Å². The standard InChI is InChI=1S/C12H16N4O/c1-8-7-17-9(2)6-16(8)12-11(14)3-10(4-13)5-15-12/h3,5,8-9H,6-7,14H2,1-2H3. The Morgan fingerprint density at radius 3 is 3.00 bits per heavy atom. The van der Waals surface area contributed by atoms with Crippen molar-refractivity contribution in [1.82, 2.24) is 4.98 Å². The van der Waals surface area contributed by atoms with Crippen molar-refractivity contribution in [2.24, 2.45) is 0 Å². The van der Waals surface area contributed by atoms with Crippen LogP contribution in [0.2, 0.25) is 0 Å². The van der Waals surface area contributed by atoms with Crippen LogP contribution in [-0.4, -0.2) is 30.3 Å². The fourth-order valence-corrected chi connectivity index (χ4v) is 1.97. The lowest BCUT2D eigenvalue weighted by Crippen LogP contribution is -2.48. The first kappa shape index (κ1) is 11.7. The van der Waals surface area contributed by atoms with Crippen LogP contribution in [0.5, 0.6) is 0 Å². The van der Waals surface area contributed by atoms with Crippen LogP contribution in [0.3, 0.4) is 0 Å². The van der Waals surface area contributed by atoms with Crippen LogP contribution in [0, 0.1) is 11.3 Å². The minimum Gasteiger partial charge on any atom is -0.396 e. The van der Waals surface area contributed by atoms with E-state index in [9.17, 15) is 0 Å². The average molecular weight is 232 g/mol. The highest BCUT2D eigenvalue weighted by atomic mass is 16.5. The maximum absolute atomic E-state index is 8.78. The molecule has 2 rings (SSSR count). The monoisotopic (exact) mass is 232 g/mol. The number of nitrogens with two attached hydrogens (primary N) is 1. The van der Waals surface area contributed by atoms with Gasteiger partial charge in [0, 0.05) is 12.7 Å². The Hall–Kier alpha value is -1.80. The van der Waals surface area contributed by atoms with Crippen LogP contribution in [0.4, 0.5) is 11.5 Å². The van der Waals surface area contributed by atoms with Crippen molar-refractivity contribution < 1.29 is 4.74 Å². The smallest absolute Gasteiger partial charge is 0.152 e. The summed E-state index contributed by atoms with van der Waals surface area (Å²) in [7, 11) is 0. The summed E-state index contributed by atoms with van der Waals surface area (Å²) in [5.41, 5.74) is 6.97. The zero-order valence-corrected chi connectivity index (χ0v) is 10.1. The summed E-state index contributed by atoms with van der Waals surface area (Å²) in [5, 5.41) is 8.78. The van der Waals surface area contributed by atoms with Crippen LogP contribution in [0.15, 0.2) is 12.3 Å². The van der Waals surface area contributed by atoms with Crippen molar-refractivity contribution in [3.63, 3.8) is 0 Å². The molecular weight excluding hydrogens is 216 g/mol. The van der Waals surface area contributed by atoms with E-state index in [1.807, 2.05) is 13.0 Å². The molecule has 1 aliphatic heterocycles. The lowest BCUT2D eigenvalue weighted by atomic mass is 10.2. The molecule has 90 valence electrons. The average Bonchev–Trinajstić information content (AvgIpc) is 2.32. The van der Waals surface area contributed by atoms with E-state index in [1.165, 1.54) is 0 Å². The Balaban J connectivity index is 2.30. The molecule has 2 unspecified atom stereocenters. The van der Waals surface area contributed by atoms with Gasteiger partial charge in [0.1, 0.15) is 6.07 Å². The highest BCUT2D eigenvalue weighted by molar-refractivity contribution is 5.65. The Bertz CT molecular complexity index is 454. The molecule has 0 aliphatic carbocycles. The highest BCUT2D eigenvalue weighted by Crippen LogP contribution is 2.25. The molecule has 0 spiro atoms. The third kappa shape index (κ3) is 2.32. The first-order valence-corrected chi connectivity index (χ1v) is 5.65. The van der Waals surface area contributed by atoms with Gasteiger partial charge in [-0.05, 0) is 19.9 Å². The van der Waals surface area contributed by atoms with Crippen LogP contribution >= 0.6 is 0 Å². The first-order chi connectivity index (χ1) is 8.11. The van der Waals surface area contributed by atoms with E-state index < -0.39 is 0 Å². The molecule has 1 fully saturated rings. The van der Waals surface area contributed by atoms with Gasteiger partial charge >= 0.3 is 0 Å². The number of anilines is 2. The van der Waals surface area contributed by atoms with Crippen molar-refractivity contribution in [2.45, 2.75) is 26.0 Å². The molecule has 2 N–H and O–H groups in total. The summed E-state index contributed by atoms with van der Waals surface area (Å²) in [6.45, 7) is 5.54. The van der Waals surface area contributed by atoms with Gasteiger partial charge in [-0.1, -0.05) is 0 Å². The number of hydrogen-bond donors (Lipinski definition) is 1. The SMILES string of the molecule is CC1CN(c2ncc(C#N)cc2N)C(C)CO1. The molecule has 5 heteroatoms. The molecule has 0 radical (unpaired) electrons. The van der Waals surface area contributed by atoms with Crippen molar-refractivity contribution in [3.8, 4) is 6.07 Å². The van der Waals surface area contributed by atoms with Crippen LogP contribution in [0.25, 0.3) is 0 Å². The third-order valence-electron chi connectivity index (χ3n) is 2.90. The summed E-state index contributed by atoms with van der Waals surface area (Å²) >= 11 is 0. The van der Waals surface area contributed by atoms with E-state index in [0.29, 0.717) is 17.9 Å². The number of hydrogen-bond acceptors (Lipinski definition) is 5. The molecule has 0 saturated carbocycles. The largest absolute Gasteiger partial charge is 0.396 e. The fourth-order valence-electron chi connectivity index (χ4n) is 1.97. The van der Waals surface area contributed by atoms with E-state index in [4.69, 9.17) is 15.7 Å². The zero-order chi connectivity index (χ0) is 12.4. The van der Waals surface area contributed by atoms with Gasteiger partial charge in [-0.15, -0.1) is 0 Å². The maximum atomic E-state index is 8.78. The van der Waals surface area contributed by atoms with Crippen molar-refractivity contribution in [3.05, 3.63) is 17.8 Å². The minimum atomic E-state index is 0.169. The molecule has 5 nitrogen and oxygen atoms in total. The van der Waals surface area contributed by atoms with E-state index in [0.717, 1.165) is 12.4 Å².